The molecule has 0 spiro atoms. The molecule has 2 aliphatic heterocycles. The summed E-state index contributed by atoms with van der Waals surface area (Å²) in [5.41, 5.74) is -1.47. The molecule has 0 bridgehead atoms. The first kappa shape index (κ1) is 26.9. The number of alkyl halides is 3. The Morgan fingerprint density at radius 3 is 1.75 bits per heavy atom. The van der Waals surface area contributed by atoms with Crippen molar-refractivity contribution in [3.05, 3.63) is 65.2 Å². The molecule has 4 rings (SSSR count). The molecule has 0 saturated carbocycles. The van der Waals surface area contributed by atoms with E-state index in [1.54, 1.807) is 0 Å². The summed E-state index contributed by atoms with van der Waals surface area (Å²) in [6.07, 6.45) is -6.68. The zero-order chi connectivity index (χ0) is 26.0. The van der Waals surface area contributed by atoms with E-state index in [-0.39, 0.29) is 25.7 Å². The van der Waals surface area contributed by atoms with Gasteiger partial charge in [-0.2, -0.15) is 13.2 Å². The minimum Gasteiger partial charge on any atom is -0.350 e. The van der Waals surface area contributed by atoms with Crippen LogP contribution in [0.4, 0.5) is 22.0 Å². The number of hydrogen-bond donors (Lipinski definition) is 0. The Morgan fingerprint density at radius 1 is 0.778 bits per heavy atom. The molecule has 36 heavy (non-hydrogen) atoms. The molecule has 12 heteroatoms. The largest absolute Gasteiger partial charge is 0.416 e. The van der Waals surface area contributed by atoms with Gasteiger partial charge in [-0.25, -0.2) is 17.2 Å². The summed E-state index contributed by atoms with van der Waals surface area (Å²) in [6, 6.07) is 5.44. The lowest BCUT2D eigenvalue weighted by Crippen LogP contribution is -2.39. The minimum atomic E-state index is -4.68. The van der Waals surface area contributed by atoms with Crippen LogP contribution >= 0.6 is 0 Å². The molecular formula is C24H25F5O6S. The van der Waals surface area contributed by atoms with Crippen molar-refractivity contribution >= 4 is 9.84 Å². The van der Waals surface area contributed by atoms with Crippen LogP contribution in [0.25, 0.3) is 0 Å². The Morgan fingerprint density at radius 2 is 1.28 bits per heavy atom. The van der Waals surface area contributed by atoms with E-state index in [2.05, 4.69) is 0 Å². The summed E-state index contributed by atoms with van der Waals surface area (Å²) in [4.78, 5) is -0.458. The normalized spacial score (nSPS) is 18.2. The summed E-state index contributed by atoms with van der Waals surface area (Å²) in [5, 5.41) is 0. The Bertz CT molecular complexity index is 1120. The average Bonchev–Trinajstić information content (AvgIpc) is 3.55. The van der Waals surface area contributed by atoms with Gasteiger partial charge in [-0.05, 0) is 55.3 Å². The van der Waals surface area contributed by atoms with Gasteiger partial charge in [0.15, 0.2) is 22.4 Å². The van der Waals surface area contributed by atoms with Crippen LogP contribution in [0.15, 0.2) is 47.4 Å². The first-order valence-corrected chi connectivity index (χ1v) is 12.9. The van der Waals surface area contributed by atoms with Gasteiger partial charge in [-0.15, -0.1) is 0 Å². The summed E-state index contributed by atoms with van der Waals surface area (Å²) in [6.45, 7) is 1.17. The molecule has 2 aromatic carbocycles. The molecule has 2 heterocycles. The van der Waals surface area contributed by atoms with Gasteiger partial charge < -0.3 is 18.9 Å². The second kappa shape index (κ2) is 10.7. The van der Waals surface area contributed by atoms with Gasteiger partial charge >= 0.3 is 6.18 Å². The highest BCUT2D eigenvalue weighted by Crippen LogP contribution is 2.46. The molecule has 0 radical (unpaired) electrons. The lowest BCUT2D eigenvalue weighted by Gasteiger charge is -2.35. The molecule has 2 fully saturated rings. The van der Waals surface area contributed by atoms with Gasteiger partial charge in [0.1, 0.15) is 16.4 Å². The zero-order valence-corrected chi connectivity index (χ0v) is 19.9. The van der Waals surface area contributed by atoms with E-state index >= 15 is 4.39 Å². The van der Waals surface area contributed by atoms with Crippen LogP contribution < -0.4 is 0 Å². The molecule has 0 atom stereocenters. The third kappa shape index (κ3) is 5.57. The molecule has 0 N–H and O–H groups in total. The fourth-order valence-corrected chi connectivity index (χ4v) is 6.72. The highest BCUT2D eigenvalue weighted by Gasteiger charge is 2.49. The van der Waals surface area contributed by atoms with Crippen molar-refractivity contribution in [3.8, 4) is 0 Å². The van der Waals surface area contributed by atoms with Crippen molar-refractivity contribution in [2.24, 2.45) is 0 Å². The molecule has 198 valence electrons. The molecule has 2 saturated heterocycles. The lowest BCUT2D eigenvalue weighted by atomic mass is 9.88. The molecule has 0 unspecified atom stereocenters. The second-order valence-electron chi connectivity index (χ2n) is 8.56. The fourth-order valence-electron chi connectivity index (χ4n) is 4.55. The lowest BCUT2D eigenvalue weighted by molar-refractivity contribution is -0.137. The predicted molar refractivity (Wildman–Crippen MR) is 117 cm³/mol. The third-order valence-electron chi connectivity index (χ3n) is 6.38. The van der Waals surface area contributed by atoms with Crippen LogP contribution in [-0.2, 0) is 39.7 Å². The van der Waals surface area contributed by atoms with E-state index in [0.29, 0.717) is 38.6 Å². The molecule has 0 aliphatic carbocycles. The van der Waals surface area contributed by atoms with E-state index in [9.17, 15) is 26.0 Å². The molecular weight excluding hydrogens is 511 g/mol. The molecule has 0 aromatic heterocycles. The number of halogens is 5. The van der Waals surface area contributed by atoms with Crippen molar-refractivity contribution in [2.45, 2.75) is 54.1 Å². The average molecular weight is 537 g/mol. The SMILES string of the molecule is O=S(=O)(c1ccc(C(F)(F)F)cc1)C(CCC1OCCO1)(CCC1OCCO1)c1cc(F)ccc1F. The van der Waals surface area contributed by atoms with Crippen molar-refractivity contribution in [1.29, 1.82) is 0 Å². The smallest absolute Gasteiger partial charge is 0.350 e. The van der Waals surface area contributed by atoms with Crippen LogP contribution in [-0.4, -0.2) is 47.4 Å². The van der Waals surface area contributed by atoms with Gasteiger partial charge in [0.2, 0.25) is 0 Å². The molecule has 6 nitrogen and oxygen atoms in total. The number of hydrogen-bond acceptors (Lipinski definition) is 6. The van der Waals surface area contributed by atoms with Crippen LogP contribution in [0.3, 0.4) is 0 Å². The van der Waals surface area contributed by atoms with Crippen LogP contribution in [0.2, 0.25) is 0 Å². The van der Waals surface area contributed by atoms with Gasteiger partial charge in [-0.3, -0.25) is 0 Å². The van der Waals surface area contributed by atoms with Crippen molar-refractivity contribution in [1.82, 2.24) is 0 Å². The van der Waals surface area contributed by atoms with E-state index in [1.807, 2.05) is 0 Å². The molecule has 2 aliphatic rings. The number of sulfone groups is 1. The van der Waals surface area contributed by atoms with E-state index in [4.69, 9.17) is 18.9 Å². The highest BCUT2D eigenvalue weighted by atomic mass is 32.2. The first-order chi connectivity index (χ1) is 17.0. The maximum Gasteiger partial charge on any atom is 0.416 e. The quantitative estimate of drug-likeness (QED) is 0.422. The van der Waals surface area contributed by atoms with Crippen molar-refractivity contribution in [3.63, 3.8) is 0 Å². The van der Waals surface area contributed by atoms with Gasteiger partial charge in [0.05, 0.1) is 36.9 Å². The van der Waals surface area contributed by atoms with Crippen LogP contribution in [0, 0.1) is 11.6 Å². The molecule has 0 amide bonds. The minimum absolute atomic E-state index is 0.0161. The topological polar surface area (TPSA) is 71.1 Å². The Kier molecular flexibility index (Phi) is 8.01. The maximum atomic E-state index is 15.2. The Hall–Kier alpha value is -2.12. The number of ether oxygens (including phenoxy) is 4. The summed E-state index contributed by atoms with van der Waals surface area (Å²) in [7, 11) is -4.60. The number of benzene rings is 2. The summed E-state index contributed by atoms with van der Waals surface area (Å²) in [5.74, 6) is -1.83. The Balaban J connectivity index is 1.83. The Labute approximate surface area is 205 Å². The van der Waals surface area contributed by atoms with E-state index in [0.717, 1.165) is 30.3 Å². The fraction of sp³-hybridized carbons (Fsp3) is 0.500. The van der Waals surface area contributed by atoms with Crippen LogP contribution in [0.1, 0.15) is 36.8 Å². The standard InChI is InChI=1S/C24H25F5O6S/c25-17-3-6-20(26)19(15-17)23(9-7-21-32-11-12-33-21,10-8-22-34-13-14-35-22)36(30,31)18-4-1-16(2-5-18)24(27,28)29/h1-6,15,21-22H,7-14H2. The molecule has 2 aromatic rings. The van der Waals surface area contributed by atoms with Crippen molar-refractivity contribution < 1.29 is 49.3 Å². The summed E-state index contributed by atoms with van der Waals surface area (Å²) >= 11 is 0. The maximum absolute atomic E-state index is 15.2. The summed E-state index contributed by atoms with van der Waals surface area (Å²) < 4.78 is 117. The van der Waals surface area contributed by atoms with E-state index < -0.39 is 61.0 Å². The van der Waals surface area contributed by atoms with Gasteiger partial charge in [0, 0.05) is 18.4 Å². The zero-order valence-electron chi connectivity index (χ0n) is 19.1. The van der Waals surface area contributed by atoms with Gasteiger partial charge in [-0.1, -0.05) is 0 Å². The van der Waals surface area contributed by atoms with Crippen molar-refractivity contribution in [2.75, 3.05) is 26.4 Å². The monoisotopic (exact) mass is 536 g/mol. The number of rotatable bonds is 9. The van der Waals surface area contributed by atoms with Gasteiger partial charge in [0.25, 0.3) is 0 Å². The first-order valence-electron chi connectivity index (χ1n) is 11.4. The third-order valence-corrected chi connectivity index (χ3v) is 8.92. The van der Waals surface area contributed by atoms with E-state index in [1.165, 1.54) is 0 Å². The second-order valence-corrected chi connectivity index (χ2v) is 10.8. The predicted octanol–water partition coefficient (Wildman–Crippen LogP) is 4.96. The highest BCUT2D eigenvalue weighted by molar-refractivity contribution is 7.92. The van der Waals surface area contributed by atoms with Crippen LogP contribution in [0.5, 0.6) is 0 Å².